The van der Waals surface area contributed by atoms with Gasteiger partial charge in [0.15, 0.2) is 12.2 Å². The Morgan fingerprint density at radius 2 is 2.03 bits per heavy atom. The molecule has 4 aliphatic carbocycles. The van der Waals surface area contributed by atoms with E-state index in [-0.39, 0.29) is 11.4 Å². The van der Waals surface area contributed by atoms with Crippen molar-refractivity contribution in [1.82, 2.24) is 9.97 Å². The molecule has 4 fully saturated rings. The Morgan fingerprint density at radius 1 is 1.28 bits per heavy atom. The van der Waals surface area contributed by atoms with E-state index in [0.29, 0.717) is 36.6 Å². The van der Waals surface area contributed by atoms with Crippen molar-refractivity contribution in [2.24, 2.45) is 22.7 Å². The second-order valence-corrected chi connectivity index (χ2v) is 12.0. The van der Waals surface area contributed by atoms with E-state index >= 15 is 0 Å². The van der Waals surface area contributed by atoms with Crippen LogP contribution < -0.4 is 10.3 Å². The second-order valence-electron chi connectivity index (χ2n) is 11.1. The highest BCUT2D eigenvalue weighted by molar-refractivity contribution is 7.09. The third kappa shape index (κ3) is 4.28. The molecule has 2 heterocycles. The van der Waals surface area contributed by atoms with Crippen molar-refractivity contribution < 1.29 is 14.1 Å². The Labute approximate surface area is 194 Å². The summed E-state index contributed by atoms with van der Waals surface area (Å²) in [6.45, 7) is 7.50. The minimum atomic E-state index is 0.00205. The number of carbonyl (C=O) groups is 1. The van der Waals surface area contributed by atoms with E-state index in [4.69, 9.17) is 10.5 Å². The van der Waals surface area contributed by atoms with Crippen LogP contribution in [0.1, 0.15) is 73.8 Å². The number of hydrogen-bond acceptors (Lipinski definition) is 6. The number of nitrogens with two attached hydrogens (primary N) is 1. The molecule has 172 valence electrons. The van der Waals surface area contributed by atoms with E-state index < -0.39 is 0 Å². The summed E-state index contributed by atoms with van der Waals surface area (Å²) in [5.41, 5.74) is 10.9. The van der Waals surface area contributed by atoms with Gasteiger partial charge in [-0.2, -0.15) is 4.57 Å². The third-order valence-electron chi connectivity index (χ3n) is 8.10. The van der Waals surface area contributed by atoms with Crippen molar-refractivity contribution in [3.05, 3.63) is 33.7 Å². The molecular formula is C25H35N4O2S+. The summed E-state index contributed by atoms with van der Waals surface area (Å²) in [7, 11) is 0. The minimum Gasteiger partial charge on any atom is -0.465 e. The van der Waals surface area contributed by atoms with E-state index in [9.17, 15) is 4.79 Å². The molecule has 6 nitrogen and oxygen atoms in total. The zero-order valence-corrected chi connectivity index (χ0v) is 20.3. The van der Waals surface area contributed by atoms with Gasteiger partial charge in [-0.1, -0.05) is 18.3 Å². The lowest BCUT2D eigenvalue weighted by atomic mass is 9.44. The smallest absolute Gasteiger partial charge is 0.306 e. The van der Waals surface area contributed by atoms with E-state index in [2.05, 4.69) is 33.9 Å². The van der Waals surface area contributed by atoms with Gasteiger partial charge in [-0.05, 0) is 68.1 Å². The van der Waals surface area contributed by atoms with Gasteiger partial charge >= 0.3 is 5.97 Å². The van der Waals surface area contributed by atoms with Crippen LogP contribution in [0.15, 0.2) is 11.7 Å². The number of esters is 1. The van der Waals surface area contributed by atoms with Crippen LogP contribution >= 0.6 is 11.3 Å². The fraction of sp³-hybridized carbons (Fsp3) is 0.680. The van der Waals surface area contributed by atoms with Crippen LogP contribution in [0.2, 0.25) is 0 Å². The van der Waals surface area contributed by atoms with Crippen molar-refractivity contribution in [2.45, 2.75) is 78.7 Å². The number of anilines is 1. The molecule has 0 spiro atoms. The number of carbonyl (C=O) groups excluding carboxylic acids is 1. The van der Waals surface area contributed by atoms with Crippen LogP contribution in [0.4, 0.5) is 5.82 Å². The number of nitrogens with zero attached hydrogens (tertiary/aromatic N) is 3. The zero-order valence-electron chi connectivity index (χ0n) is 19.5. The molecule has 2 unspecified atom stereocenters. The Kier molecular flexibility index (Phi) is 5.51. The summed E-state index contributed by atoms with van der Waals surface area (Å²) in [5, 5.41) is 0. The van der Waals surface area contributed by atoms with Gasteiger partial charge < -0.3 is 10.5 Å². The van der Waals surface area contributed by atoms with Crippen molar-refractivity contribution in [3.63, 3.8) is 0 Å². The highest BCUT2D eigenvalue weighted by Gasteiger charge is 2.56. The van der Waals surface area contributed by atoms with Crippen molar-refractivity contribution in [1.29, 1.82) is 0 Å². The lowest BCUT2D eigenvalue weighted by Gasteiger charge is -2.61. The van der Waals surface area contributed by atoms with Crippen molar-refractivity contribution >= 4 is 23.1 Å². The number of rotatable bonds is 7. The molecule has 4 saturated carbocycles. The van der Waals surface area contributed by atoms with Crippen LogP contribution in [0.5, 0.6) is 0 Å². The fourth-order valence-corrected chi connectivity index (χ4v) is 8.39. The standard InChI is InChI=1S/C25H35N4O2S/c1-16-21(32-15-29(16)13-20-12-27-17(2)28-23(20)26)4-5-31-22(30)11-25-9-18-6-19(10-25)8-24(3,7-18)14-25/h12,15,18-19H,4-11,13-14H2,1-3H3,(H2,26,27,28)/q+1/t18-,19+,24?,25?. The first kappa shape index (κ1) is 21.8. The molecular weight excluding hydrogens is 420 g/mol. The Hall–Kier alpha value is -2.02. The van der Waals surface area contributed by atoms with Gasteiger partial charge in [-0.15, -0.1) is 0 Å². The summed E-state index contributed by atoms with van der Waals surface area (Å²) < 4.78 is 7.92. The molecule has 0 saturated heterocycles. The Bertz CT molecular complexity index is 1020. The normalized spacial score (nSPS) is 30.6. The molecule has 0 aromatic carbocycles. The number of ether oxygens (including phenoxy) is 1. The third-order valence-corrected chi connectivity index (χ3v) is 9.25. The van der Waals surface area contributed by atoms with Gasteiger partial charge in [0.05, 0.1) is 23.5 Å². The highest BCUT2D eigenvalue weighted by atomic mass is 32.1. The molecule has 4 bridgehead atoms. The first-order chi connectivity index (χ1) is 15.2. The van der Waals surface area contributed by atoms with Crippen LogP contribution in [0.25, 0.3) is 0 Å². The molecule has 4 atom stereocenters. The molecule has 0 radical (unpaired) electrons. The van der Waals surface area contributed by atoms with E-state index in [1.165, 1.54) is 49.1 Å². The largest absolute Gasteiger partial charge is 0.465 e. The lowest BCUT2D eigenvalue weighted by molar-refractivity contribution is -0.689. The summed E-state index contributed by atoms with van der Waals surface area (Å²) in [5.74, 6) is 2.90. The molecule has 4 aliphatic rings. The topological polar surface area (TPSA) is 82.0 Å². The number of nitrogen functional groups attached to an aromatic ring is 1. The maximum atomic E-state index is 12.8. The first-order valence-electron chi connectivity index (χ1n) is 11.9. The molecule has 2 aromatic rings. The average molecular weight is 456 g/mol. The van der Waals surface area contributed by atoms with Crippen LogP contribution in [-0.4, -0.2) is 22.5 Å². The predicted octanol–water partition coefficient (Wildman–Crippen LogP) is 4.16. The summed E-state index contributed by atoms with van der Waals surface area (Å²) in [4.78, 5) is 22.5. The molecule has 6 rings (SSSR count). The van der Waals surface area contributed by atoms with Gasteiger partial charge in [0.25, 0.3) is 0 Å². The van der Waals surface area contributed by atoms with Crippen molar-refractivity contribution in [2.75, 3.05) is 12.3 Å². The van der Waals surface area contributed by atoms with Gasteiger partial charge in [-0.25, -0.2) is 9.97 Å². The van der Waals surface area contributed by atoms with E-state index in [0.717, 1.165) is 23.8 Å². The van der Waals surface area contributed by atoms with Crippen LogP contribution in [0.3, 0.4) is 0 Å². The SMILES string of the molecule is Cc1ncc(C[n+]2csc(CCOC(=O)CC34C[C@@H]5C[C@@H](CC(C)(C5)C3)C4)c2C)c(N)n1. The highest BCUT2D eigenvalue weighted by Crippen LogP contribution is 2.66. The maximum absolute atomic E-state index is 12.8. The molecule has 0 aliphatic heterocycles. The average Bonchev–Trinajstić information content (AvgIpc) is 3.01. The monoisotopic (exact) mass is 455 g/mol. The number of aromatic nitrogens is 3. The van der Waals surface area contributed by atoms with Crippen LogP contribution in [0, 0.1) is 36.5 Å². The van der Waals surface area contributed by atoms with Crippen molar-refractivity contribution in [3.8, 4) is 0 Å². The number of hydrogen-bond donors (Lipinski definition) is 1. The molecule has 7 heteroatoms. The molecule has 2 N–H and O–H groups in total. The van der Waals surface area contributed by atoms with Gasteiger partial charge in [0.2, 0.25) is 5.51 Å². The predicted molar refractivity (Wildman–Crippen MR) is 124 cm³/mol. The molecule has 0 amide bonds. The van der Waals surface area contributed by atoms with Crippen LogP contribution in [-0.2, 0) is 22.5 Å². The summed E-state index contributed by atoms with van der Waals surface area (Å²) in [6, 6.07) is 0. The maximum Gasteiger partial charge on any atom is 0.306 e. The number of thiazole rings is 1. The Balaban J connectivity index is 1.15. The zero-order chi connectivity index (χ0) is 22.5. The molecule has 32 heavy (non-hydrogen) atoms. The quantitative estimate of drug-likeness (QED) is 0.501. The summed E-state index contributed by atoms with van der Waals surface area (Å²) in [6.07, 6.45) is 11.0. The van der Waals surface area contributed by atoms with Gasteiger partial charge in [-0.3, -0.25) is 4.79 Å². The second kappa shape index (κ2) is 8.08. The van der Waals surface area contributed by atoms with Gasteiger partial charge in [0, 0.05) is 19.5 Å². The summed E-state index contributed by atoms with van der Waals surface area (Å²) >= 11 is 1.70. The lowest BCUT2D eigenvalue weighted by Crippen LogP contribution is -2.51. The number of aryl methyl sites for hydroxylation is 1. The van der Waals surface area contributed by atoms with E-state index in [1.807, 2.05) is 6.92 Å². The first-order valence-corrected chi connectivity index (χ1v) is 12.8. The Morgan fingerprint density at radius 3 is 2.72 bits per heavy atom. The molecule has 2 aromatic heterocycles. The van der Waals surface area contributed by atoms with E-state index in [1.54, 1.807) is 17.5 Å². The van der Waals surface area contributed by atoms with Gasteiger partial charge in [0.1, 0.15) is 11.6 Å². The minimum absolute atomic E-state index is 0.00205. The fourth-order valence-electron chi connectivity index (χ4n) is 7.42.